The molecule has 0 spiro atoms. The van der Waals surface area contributed by atoms with E-state index in [1.165, 1.54) is 0 Å². The summed E-state index contributed by atoms with van der Waals surface area (Å²) in [5.41, 5.74) is 1.88. The Morgan fingerprint density at radius 2 is 1.68 bits per heavy atom. The molecule has 0 fully saturated rings. The topological polar surface area (TPSA) is 64.1 Å². The first-order valence-electron chi connectivity index (χ1n) is 8.29. The molecule has 0 aliphatic rings. The van der Waals surface area contributed by atoms with Crippen LogP contribution in [0.15, 0.2) is 53.3 Å². The number of hydrogen-bond donors (Lipinski definition) is 1. The van der Waals surface area contributed by atoms with Crippen LogP contribution in [0.4, 0.5) is 4.79 Å². The lowest BCUT2D eigenvalue weighted by Crippen LogP contribution is -2.17. The van der Waals surface area contributed by atoms with E-state index in [2.05, 4.69) is 4.98 Å². The molecule has 2 heterocycles. The first kappa shape index (κ1) is 15.4. The van der Waals surface area contributed by atoms with Crippen LogP contribution in [0, 0.1) is 5.92 Å². The first-order chi connectivity index (χ1) is 12.1. The summed E-state index contributed by atoms with van der Waals surface area (Å²) in [5.74, 6) is 0.244. The quantitative estimate of drug-likeness (QED) is 0.595. The van der Waals surface area contributed by atoms with Crippen molar-refractivity contribution >= 4 is 38.8 Å². The molecule has 0 aliphatic carbocycles. The minimum atomic E-state index is -0.433. The fourth-order valence-electron chi connectivity index (χ4n) is 3.18. The van der Waals surface area contributed by atoms with Gasteiger partial charge in [0.15, 0.2) is 0 Å². The summed E-state index contributed by atoms with van der Waals surface area (Å²) in [6.45, 7) is 4.33. The van der Waals surface area contributed by atoms with E-state index in [4.69, 9.17) is 4.74 Å². The number of para-hydroxylation sites is 1. The van der Waals surface area contributed by atoms with E-state index in [1.807, 2.05) is 56.3 Å². The number of carbonyl (C=O) groups excluding carboxylic acids is 1. The third kappa shape index (κ3) is 2.39. The zero-order valence-corrected chi connectivity index (χ0v) is 14.1. The fourth-order valence-corrected chi connectivity index (χ4v) is 3.18. The highest BCUT2D eigenvalue weighted by Gasteiger charge is 2.20. The number of rotatable bonds is 2. The predicted octanol–water partition coefficient (Wildman–Crippen LogP) is 4.28. The first-order valence-corrected chi connectivity index (χ1v) is 8.29. The Balaban J connectivity index is 2.13. The van der Waals surface area contributed by atoms with Gasteiger partial charge in [-0.05, 0) is 18.1 Å². The van der Waals surface area contributed by atoms with Crippen LogP contribution in [0.25, 0.3) is 32.7 Å². The molecule has 2 aromatic carbocycles. The highest BCUT2D eigenvalue weighted by atomic mass is 16.5. The summed E-state index contributed by atoms with van der Waals surface area (Å²) in [5, 5.41) is 2.11. The van der Waals surface area contributed by atoms with Crippen LogP contribution >= 0.6 is 0 Å². The van der Waals surface area contributed by atoms with Crippen molar-refractivity contribution in [3.63, 3.8) is 0 Å². The highest BCUT2D eigenvalue weighted by Crippen LogP contribution is 2.31. The van der Waals surface area contributed by atoms with Crippen molar-refractivity contribution in [2.75, 3.05) is 6.61 Å². The number of benzene rings is 2. The van der Waals surface area contributed by atoms with Crippen molar-refractivity contribution in [3.8, 4) is 0 Å². The van der Waals surface area contributed by atoms with Gasteiger partial charge in [-0.15, -0.1) is 0 Å². The molecule has 1 N–H and O–H groups in total. The number of ether oxygens (including phenoxy) is 1. The van der Waals surface area contributed by atoms with Crippen molar-refractivity contribution in [1.29, 1.82) is 0 Å². The number of H-pyrrole nitrogens is 1. The Hall–Kier alpha value is -3.08. The molecule has 0 bridgehead atoms. The highest BCUT2D eigenvalue weighted by molar-refractivity contribution is 6.18. The lowest BCUT2D eigenvalue weighted by molar-refractivity contribution is 0.136. The summed E-state index contributed by atoms with van der Waals surface area (Å²) in [6, 6.07) is 14.8. The summed E-state index contributed by atoms with van der Waals surface area (Å²) in [6.07, 6.45) is -0.433. The largest absolute Gasteiger partial charge is 0.449 e. The van der Waals surface area contributed by atoms with Crippen molar-refractivity contribution in [3.05, 3.63) is 58.9 Å². The molecule has 4 rings (SSSR count). The van der Waals surface area contributed by atoms with Crippen molar-refractivity contribution in [2.45, 2.75) is 13.8 Å². The van der Waals surface area contributed by atoms with Crippen LogP contribution in [0.3, 0.4) is 0 Å². The van der Waals surface area contributed by atoms with E-state index >= 15 is 0 Å². The molecule has 5 heteroatoms. The lowest BCUT2D eigenvalue weighted by atomic mass is 10.1. The smallest absolute Gasteiger partial charge is 0.419 e. The van der Waals surface area contributed by atoms with Crippen molar-refractivity contribution in [1.82, 2.24) is 9.55 Å². The second-order valence-electron chi connectivity index (χ2n) is 6.55. The van der Waals surface area contributed by atoms with Crippen LogP contribution in [0.1, 0.15) is 13.8 Å². The molecule has 25 heavy (non-hydrogen) atoms. The normalized spacial score (nSPS) is 11.6. The van der Waals surface area contributed by atoms with Crippen LogP contribution in [0.5, 0.6) is 0 Å². The molecule has 0 saturated carbocycles. The van der Waals surface area contributed by atoms with Gasteiger partial charge in [0.2, 0.25) is 0 Å². The number of aromatic amines is 1. The summed E-state index contributed by atoms with van der Waals surface area (Å²) >= 11 is 0. The SMILES string of the molecule is CC(C)COC(=O)n1c2ccccc2c2[nH]c(=O)c3ccccc3c21. The molecule has 5 nitrogen and oxygen atoms in total. The Morgan fingerprint density at radius 3 is 2.40 bits per heavy atom. The van der Waals surface area contributed by atoms with Gasteiger partial charge in [0.1, 0.15) is 0 Å². The van der Waals surface area contributed by atoms with E-state index in [1.54, 1.807) is 10.6 Å². The van der Waals surface area contributed by atoms with E-state index in [0.717, 1.165) is 16.3 Å². The zero-order chi connectivity index (χ0) is 17.6. The number of hydrogen-bond acceptors (Lipinski definition) is 3. The molecular weight excluding hydrogens is 316 g/mol. The zero-order valence-electron chi connectivity index (χ0n) is 14.1. The number of fused-ring (bicyclic) bond motifs is 5. The van der Waals surface area contributed by atoms with Gasteiger partial charge < -0.3 is 9.72 Å². The Kier molecular flexibility index (Phi) is 3.57. The van der Waals surface area contributed by atoms with Gasteiger partial charge in [-0.3, -0.25) is 4.79 Å². The van der Waals surface area contributed by atoms with Crippen LogP contribution < -0.4 is 5.56 Å². The van der Waals surface area contributed by atoms with Gasteiger partial charge in [-0.1, -0.05) is 50.2 Å². The lowest BCUT2D eigenvalue weighted by Gasteiger charge is -2.10. The number of carbonyl (C=O) groups is 1. The summed E-state index contributed by atoms with van der Waals surface area (Å²) in [7, 11) is 0. The van der Waals surface area contributed by atoms with E-state index in [-0.39, 0.29) is 11.5 Å². The maximum absolute atomic E-state index is 12.8. The third-order valence-electron chi connectivity index (χ3n) is 4.26. The molecule has 0 atom stereocenters. The molecular formula is C20H18N2O3. The van der Waals surface area contributed by atoms with E-state index in [0.29, 0.717) is 23.0 Å². The molecule has 0 aliphatic heterocycles. The molecule has 0 radical (unpaired) electrons. The van der Waals surface area contributed by atoms with Gasteiger partial charge in [0.05, 0.1) is 23.2 Å². The number of aromatic nitrogens is 2. The average molecular weight is 334 g/mol. The minimum absolute atomic E-state index is 0.165. The maximum atomic E-state index is 12.8. The molecule has 0 unspecified atom stereocenters. The van der Waals surface area contributed by atoms with Gasteiger partial charge in [0.25, 0.3) is 5.56 Å². The predicted molar refractivity (Wildman–Crippen MR) is 99.2 cm³/mol. The third-order valence-corrected chi connectivity index (χ3v) is 4.26. The number of nitrogens with zero attached hydrogens (tertiary/aromatic N) is 1. The maximum Gasteiger partial charge on any atom is 0.419 e. The summed E-state index contributed by atoms with van der Waals surface area (Å²) < 4.78 is 7.04. The van der Waals surface area contributed by atoms with E-state index < -0.39 is 6.09 Å². The van der Waals surface area contributed by atoms with Crippen LogP contribution in [-0.2, 0) is 4.74 Å². The van der Waals surface area contributed by atoms with Crippen molar-refractivity contribution in [2.24, 2.45) is 5.92 Å². The molecule has 4 aromatic rings. The standard InChI is InChI=1S/C20H18N2O3/c1-12(2)11-25-20(24)22-16-10-6-5-9-15(16)17-18(22)13-7-3-4-8-14(13)19(23)21-17/h3-10,12H,11H2,1-2H3,(H,21,23). The Morgan fingerprint density at radius 1 is 1.04 bits per heavy atom. The minimum Gasteiger partial charge on any atom is -0.449 e. The van der Waals surface area contributed by atoms with E-state index in [9.17, 15) is 9.59 Å². The van der Waals surface area contributed by atoms with Gasteiger partial charge in [0, 0.05) is 16.2 Å². The van der Waals surface area contributed by atoms with Crippen molar-refractivity contribution < 1.29 is 9.53 Å². The van der Waals surface area contributed by atoms with Crippen LogP contribution in [-0.4, -0.2) is 22.3 Å². The number of nitrogens with one attached hydrogen (secondary N) is 1. The Labute approximate surface area is 143 Å². The van der Waals surface area contributed by atoms with Gasteiger partial charge in [-0.2, -0.15) is 0 Å². The average Bonchev–Trinajstić information content (AvgIpc) is 2.95. The van der Waals surface area contributed by atoms with Crippen LogP contribution in [0.2, 0.25) is 0 Å². The number of pyridine rings is 1. The molecule has 126 valence electrons. The molecule has 0 amide bonds. The second kappa shape index (κ2) is 5.77. The fraction of sp³-hybridized carbons (Fsp3) is 0.200. The molecule has 2 aromatic heterocycles. The second-order valence-corrected chi connectivity index (χ2v) is 6.55. The molecule has 0 saturated heterocycles. The van der Waals surface area contributed by atoms with Gasteiger partial charge >= 0.3 is 6.09 Å². The Bertz CT molecular complexity index is 1170. The summed E-state index contributed by atoms with van der Waals surface area (Å²) in [4.78, 5) is 28.2. The monoisotopic (exact) mass is 334 g/mol. The van der Waals surface area contributed by atoms with Gasteiger partial charge in [-0.25, -0.2) is 9.36 Å².